The summed E-state index contributed by atoms with van der Waals surface area (Å²) in [5.41, 5.74) is 3.85. The number of aromatic amines is 2. The number of ether oxygens (including phenoxy) is 2. The number of nitrogens with one attached hydrogen (secondary N) is 3. The Kier molecular flexibility index (Phi) is 6.07. The summed E-state index contributed by atoms with van der Waals surface area (Å²) < 4.78 is 10.6. The van der Waals surface area contributed by atoms with Gasteiger partial charge in [-0.15, -0.1) is 0 Å². The summed E-state index contributed by atoms with van der Waals surface area (Å²) in [5, 5.41) is 4.06. The molecule has 0 radical (unpaired) electrons. The van der Waals surface area contributed by atoms with E-state index in [0.29, 0.717) is 22.9 Å². The molecule has 2 rings (SSSR count). The van der Waals surface area contributed by atoms with Crippen molar-refractivity contribution in [3.63, 3.8) is 0 Å². The van der Waals surface area contributed by atoms with Gasteiger partial charge in [-0.3, -0.25) is 14.6 Å². The van der Waals surface area contributed by atoms with Crippen LogP contribution in [-0.2, 0) is 11.2 Å². The number of rotatable bonds is 6. The Bertz CT molecular complexity index is 889. The van der Waals surface area contributed by atoms with Crippen molar-refractivity contribution >= 4 is 23.8 Å². The summed E-state index contributed by atoms with van der Waals surface area (Å²) >= 11 is 4.86. The lowest BCUT2D eigenvalue weighted by molar-refractivity contribution is -0.120. The molecule has 0 unspecified atom stereocenters. The van der Waals surface area contributed by atoms with Crippen molar-refractivity contribution in [1.82, 2.24) is 15.4 Å². The zero-order valence-corrected chi connectivity index (χ0v) is 14.8. The van der Waals surface area contributed by atoms with Crippen molar-refractivity contribution in [2.75, 3.05) is 14.2 Å². The average molecular weight is 362 g/mol. The minimum absolute atomic E-state index is 0.0454. The number of hydrogen-bond donors (Lipinski definition) is 3. The van der Waals surface area contributed by atoms with E-state index in [9.17, 15) is 9.59 Å². The topological polar surface area (TPSA) is 109 Å². The second kappa shape index (κ2) is 8.25. The number of carbonyl (C=O) groups excluding carboxylic acids is 1. The number of hydrogen-bond acceptors (Lipinski definition) is 6. The second-order valence-electron chi connectivity index (χ2n) is 5.09. The molecule has 8 nitrogen and oxygen atoms in total. The third-order valence-electron chi connectivity index (χ3n) is 3.32. The fourth-order valence-corrected chi connectivity index (χ4v) is 2.33. The molecule has 1 aromatic heterocycles. The van der Waals surface area contributed by atoms with Crippen LogP contribution < -0.4 is 20.5 Å². The first-order valence-corrected chi connectivity index (χ1v) is 7.72. The Balaban J connectivity index is 2.08. The predicted molar refractivity (Wildman–Crippen MR) is 95.9 cm³/mol. The van der Waals surface area contributed by atoms with Crippen LogP contribution in [0.15, 0.2) is 34.2 Å². The summed E-state index contributed by atoms with van der Waals surface area (Å²) in [6, 6.07) is 6.60. The molecule has 2 aromatic rings. The Morgan fingerprint density at radius 2 is 1.92 bits per heavy atom. The highest BCUT2D eigenvalue weighted by Gasteiger charge is 2.08. The van der Waals surface area contributed by atoms with E-state index < -0.39 is 0 Å². The zero-order valence-electron chi connectivity index (χ0n) is 14.0. The molecule has 132 valence electrons. The lowest BCUT2D eigenvalue weighted by Crippen LogP contribution is -2.23. The van der Waals surface area contributed by atoms with Crippen molar-refractivity contribution in [2.24, 2.45) is 5.10 Å². The van der Waals surface area contributed by atoms with Crippen LogP contribution in [0.4, 0.5) is 0 Å². The monoisotopic (exact) mass is 362 g/mol. The van der Waals surface area contributed by atoms with E-state index in [1.54, 1.807) is 39.3 Å². The second-order valence-corrected chi connectivity index (χ2v) is 5.50. The van der Waals surface area contributed by atoms with Gasteiger partial charge in [-0.1, -0.05) is 0 Å². The molecular weight excluding hydrogens is 344 g/mol. The molecule has 9 heteroatoms. The predicted octanol–water partition coefficient (Wildman–Crippen LogP) is 1.53. The summed E-state index contributed by atoms with van der Waals surface area (Å²) in [4.78, 5) is 28.4. The molecule has 25 heavy (non-hydrogen) atoms. The summed E-state index contributed by atoms with van der Waals surface area (Å²) in [5.74, 6) is 0.792. The average Bonchev–Trinajstić information content (AvgIpc) is 2.58. The van der Waals surface area contributed by atoms with Gasteiger partial charge in [0.05, 0.1) is 26.4 Å². The molecule has 0 spiro atoms. The fourth-order valence-electron chi connectivity index (χ4n) is 2.10. The summed E-state index contributed by atoms with van der Waals surface area (Å²) in [6.45, 7) is 1.75. The number of H-pyrrole nitrogens is 2. The molecule has 0 fully saturated rings. The Hall–Kier alpha value is -2.94. The smallest absolute Gasteiger partial charge is 0.251 e. The Morgan fingerprint density at radius 1 is 1.20 bits per heavy atom. The number of hydrazone groups is 1. The van der Waals surface area contributed by atoms with Gasteiger partial charge in [-0.25, -0.2) is 5.43 Å². The molecule has 1 amide bonds. The number of aromatic nitrogens is 2. The first-order chi connectivity index (χ1) is 11.9. The molecule has 1 heterocycles. The van der Waals surface area contributed by atoms with Crippen molar-refractivity contribution in [2.45, 2.75) is 13.3 Å². The van der Waals surface area contributed by atoms with Crippen molar-refractivity contribution in [3.05, 3.63) is 50.6 Å². The van der Waals surface area contributed by atoms with Gasteiger partial charge in [0.25, 0.3) is 5.56 Å². The van der Waals surface area contributed by atoms with Crippen molar-refractivity contribution in [1.29, 1.82) is 0 Å². The third-order valence-corrected chi connectivity index (χ3v) is 3.52. The molecular formula is C16H18N4O4S. The highest BCUT2D eigenvalue weighted by Crippen LogP contribution is 2.27. The lowest BCUT2D eigenvalue weighted by Gasteiger charge is -2.09. The van der Waals surface area contributed by atoms with Crippen LogP contribution in [0.1, 0.15) is 18.2 Å². The van der Waals surface area contributed by atoms with Gasteiger partial charge in [0.15, 0.2) is 16.3 Å². The SMILES string of the molecule is COc1ccc(/C(C)=N\NC(=O)Cc2cc(=O)[nH]c(=S)[nH]2)cc1OC. The zero-order chi connectivity index (χ0) is 18.4. The lowest BCUT2D eigenvalue weighted by atomic mass is 10.1. The number of benzene rings is 1. The first kappa shape index (κ1) is 18.4. The van der Waals surface area contributed by atoms with E-state index >= 15 is 0 Å². The normalized spacial score (nSPS) is 11.1. The number of methoxy groups -OCH3 is 2. The van der Waals surface area contributed by atoms with E-state index in [1.807, 2.05) is 0 Å². The van der Waals surface area contributed by atoms with Crippen LogP contribution in [0.3, 0.4) is 0 Å². The van der Waals surface area contributed by atoms with Crippen LogP contribution in [0.2, 0.25) is 0 Å². The minimum atomic E-state index is -0.379. The summed E-state index contributed by atoms with van der Waals surface area (Å²) in [7, 11) is 3.10. The van der Waals surface area contributed by atoms with E-state index in [-0.39, 0.29) is 22.7 Å². The van der Waals surface area contributed by atoms with Gasteiger partial charge < -0.3 is 14.5 Å². The Morgan fingerprint density at radius 3 is 2.56 bits per heavy atom. The number of carbonyl (C=O) groups is 1. The molecule has 0 aliphatic carbocycles. The third kappa shape index (κ3) is 5.01. The maximum atomic E-state index is 12.0. The maximum Gasteiger partial charge on any atom is 0.251 e. The molecule has 0 aliphatic rings. The molecule has 0 atom stereocenters. The number of nitrogens with zero attached hydrogens (tertiary/aromatic N) is 1. The van der Waals surface area contributed by atoms with Gasteiger partial charge in [-0.2, -0.15) is 5.10 Å². The largest absolute Gasteiger partial charge is 0.493 e. The van der Waals surface area contributed by atoms with Crippen molar-refractivity contribution in [3.8, 4) is 11.5 Å². The van der Waals surface area contributed by atoms with E-state index in [4.69, 9.17) is 21.7 Å². The van der Waals surface area contributed by atoms with E-state index in [1.165, 1.54) is 6.07 Å². The quantitative estimate of drug-likeness (QED) is 0.410. The first-order valence-electron chi connectivity index (χ1n) is 7.31. The van der Waals surface area contributed by atoms with Crippen LogP contribution >= 0.6 is 12.2 Å². The highest BCUT2D eigenvalue weighted by atomic mass is 32.1. The van der Waals surface area contributed by atoms with E-state index in [0.717, 1.165) is 5.56 Å². The van der Waals surface area contributed by atoms with Crippen LogP contribution in [0.25, 0.3) is 0 Å². The van der Waals surface area contributed by atoms with Crippen LogP contribution in [0.5, 0.6) is 11.5 Å². The van der Waals surface area contributed by atoms with Gasteiger partial charge in [0.1, 0.15) is 0 Å². The highest BCUT2D eigenvalue weighted by molar-refractivity contribution is 7.71. The van der Waals surface area contributed by atoms with Gasteiger partial charge in [0, 0.05) is 17.3 Å². The summed E-state index contributed by atoms with van der Waals surface area (Å²) in [6.07, 6.45) is -0.0454. The van der Waals surface area contributed by atoms with E-state index in [2.05, 4.69) is 20.5 Å². The van der Waals surface area contributed by atoms with Gasteiger partial charge in [0.2, 0.25) is 5.91 Å². The standard InChI is InChI=1S/C16H18N4O4S/c1-9(10-4-5-12(23-2)13(6-10)24-3)19-20-15(22)8-11-7-14(21)18-16(25)17-11/h4-7H,8H2,1-3H3,(H,20,22)(H2,17,18,21,25)/b19-9-. The molecule has 1 aromatic carbocycles. The molecule has 0 saturated heterocycles. The fraction of sp³-hybridized carbons (Fsp3) is 0.250. The molecule has 0 aliphatic heterocycles. The Labute approximate surface area is 148 Å². The van der Waals surface area contributed by atoms with Gasteiger partial charge in [-0.05, 0) is 37.3 Å². The molecule has 3 N–H and O–H groups in total. The maximum absolute atomic E-state index is 12.0. The van der Waals surface area contributed by atoms with Crippen LogP contribution in [0, 0.1) is 4.77 Å². The van der Waals surface area contributed by atoms with Gasteiger partial charge >= 0.3 is 0 Å². The minimum Gasteiger partial charge on any atom is -0.493 e. The number of amides is 1. The van der Waals surface area contributed by atoms with Crippen LogP contribution in [-0.4, -0.2) is 35.8 Å². The van der Waals surface area contributed by atoms with Crippen molar-refractivity contribution < 1.29 is 14.3 Å². The molecule has 0 bridgehead atoms. The molecule has 0 saturated carbocycles.